The van der Waals surface area contributed by atoms with Gasteiger partial charge in [-0.3, -0.25) is 9.48 Å². The quantitative estimate of drug-likeness (QED) is 0.601. The maximum Gasteiger partial charge on any atom is 0.178 e. The molecule has 0 N–H and O–H groups in total. The van der Waals surface area contributed by atoms with Crippen molar-refractivity contribution in [2.75, 3.05) is 0 Å². The first kappa shape index (κ1) is 15.0. The van der Waals surface area contributed by atoms with Crippen LogP contribution in [0.25, 0.3) is 0 Å². The number of aromatic nitrogens is 2. The van der Waals surface area contributed by atoms with Crippen LogP contribution in [0.4, 0.5) is 0 Å². The Bertz CT molecular complexity index is 663. The number of Topliss-reactive ketones (excluding diaryl/α,β-unsaturated/α-hetero) is 1. The second kappa shape index (κ2) is 6.05. The third-order valence-corrected chi connectivity index (χ3v) is 6.42. The van der Waals surface area contributed by atoms with Crippen LogP contribution < -0.4 is 0 Å². The van der Waals surface area contributed by atoms with Crippen LogP contribution in [-0.4, -0.2) is 15.6 Å². The number of fused-ring (bicyclic) bond motifs is 1. The first-order chi connectivity index (χ1) is 10.1. The van der Waals surface area contributed by atoms with Gasteiger partial charge in [-0.05, 0) is 60.2 Å². The molecule has 0 bridgehead atoms. The zero-order valence-corrected chi connectivity index (χ0v) is 14.8. The van der Waals surface area contributed by atoms with Gasteiger partial charge in [-0.25, -0.2) is 0 Å². The van der Waals surface area contributed by atoms with E-state index >= 15 is 0 Å². The molecule has 21 heavy (non-hydrogen) atoms. The molecule has 0 saturated heterocycles. The minimum Gasteiger partial charge on any atom is -0.293 e. The number of carbonyl (C=O) groups excluding carboxylic acids is 1. The summed E-state index contributed by atoms with van der Waals surface area (Å²) in [6, 6.07) is 2.13. The van der Waals surface area contributed by atoms with E-state index < -0.39 is 0 Å². The van der Waals surface area contributed by atoms with Crippen LogP contribution in [0.15, 0.2) is 10.5 Å². The van der Waals surface area contributed by atoms with Crippen LogP contribution in [0.5, 0.6) is 0 Å². The van der Waals surface area contributed by atoms with Crippen LogP contribution in [0.2, 0.25) is 0 Å². The average Bonchev–Trinajstić information content (AvgIpc) is 2.86. The fourth-order valence-corrected chi connectivity index (χ4v) is 4.58. The van der Waals surface area contributed by atoms with Gasteiger partial charge >= 0.3 is 0 Å². The van der Waals surface area contributed by atoms with Crippen LogP contribution >= 0.6 is 27.3 Å². The van der Waals surface area contributed by atoms with E-state index in [1.165, 1.54) is 29.7 Å². The van der Waals surface area contributed by atoms with Gasteiger partial charge in [-0.2, -0.15) is 5.10 Å². The smallest absolute Gasteiger partial charge is 0.178 e. The van der Waals surface area contributed by atoms with Gasteiger partial charge in [0.05, 0.1) is 27.2 Å². The van der Waals surface area contributed by atoms with Gasteiger partial charge in [-0.1, -0.05) is 6.42 Å². The highest BCUT2D eigenvalue weighted by Crippen LogP contribution is 2.30. The van der Waals surface area contributed by atoms with E-state index in [-0.39, 0.29) is 5.78 Å². The molecule has 112 valence electrons. The second-order valence-electron chi connectivity index (χ2n) is 5.69. The van der Waals surface area contributed by atoms with E-state index in [9.17, 15) is 4.79 Å². The Morgan fingerprint density at radius 3 is 2.86 bits per heavy atom. The fourth-order valence-electron chi connectivity index (χ4n) is 2.92. The molecular formula is C16H19BrN2OS. The molecule has 2 heterocycles. The molecule has 0 radical (unpaired) electrons. The Morgan fingerprint density at radius 2 is 2.14 bits per heavy atom. The first-order valence-electron chi connectivity index (χ1n) is 7.39. The maximum atomic E-state index is 12.6. The maximum absolute atomic E-state index is 12.6. The number of rotatable bonds is 3. The number of ketones is 1. The zero-order valence-electron chi connectivity index (χ0n) is 12.4. The summed E-state index contributed by atoms with van der Waals surface area (Å²) in [7, 11) is 1.89. The van der Waals surface area contributed by atoms with Crippen molar-refractivity contribution >= 4 is 33.0 Å². The van der Waals surface area contributed by atoms with E-state index in [0.29, 0.717) is 6.42 Å². The van der Waals surface area contributed by atoms with Crippen molar-refractivity contribution in [3.63, 3.8) is 0 Å². The predicted molar refractivity (Wildman–Crippen MR) is 89.3 cm³/mol. The van der Waals surface area contributed by atoms with E-state index in [0.717, 1.165) is 33.6 Å². The van der Waals surface area contributed by atoms with Crippen molar-refractivity contribution in [3.05, 3.63) is 37.2 Å². The number of halogens is 1. The van der Waals surface area contributed by atoms with Crippen molar-refractivity contribution in [2.24, 2.45) is 7.05 Å². The minimum atomic E-state index is 0.205. The van der Waals surface area contributed by atoms with E-state index in [1.54, 1.807) is 16.0 Å². The van der Waals surface area contributed by atoms with Crippen LogP contribution in [0.1, 0.15) is 50.8 Å². The Morgan fingerprint density at radius 1 is 1.38 bits per heavy atom. The van der Waals surface area contributed by atoms with E-state index in [2.05, 4.69) is 27.1 Å². The molecule has 0 fully saturated rings. The average molecular weight is 367 g/mol. The van der Waals surface area contributed by atoms with Gasteiger partial charge in [0.25, 0.3) is 0 Å². The van der Waals surface area contributed by atoms with Gasteiger partial charge in [0.1, 0.15) is 0 Å². The summed E-state index contributed by atoms with van der Waals surface area (Å²) in [5, 5.41) is 4.36. The molecule has 1 aliphatic rings. The summed E-state index contributed by atoms with van der Waals surface area (Å²) in [5.41, 5.74) is 3.30. The van der Waals surface area contributed by atoms with Crippen molar-refractivity contribution in [1.82, 2.24) is 9.78 Å². The highest BCUT2D eigenvalue weighted by Gasteiger charge is 2.19. The molecule has 2 aromatic rings. The Balaban J connectivity index is 1.82. The molecule has 0 saturated carbocycles. The van der Waals surface area contributed by atoms with Crippen molar-refractivity contribution < 1.29 is 4.79 Å². The number of thiophene rings is 1. The molecular weight excluding hydrogens is 348 g/mol. The summed E-state index contributed by atoms with van der Waals surface area (Å²) >= 11 is 5.24. The molecule has 0 aromatic carbocycles. The number of hydrogen-bond donors (Lipinski definition) is 0. The molecule has 1 aliphatic carbocycles. The predicted octanol–water partition coefficient (Wildman–Crippen LogP) is 4.25. The molecule has 0 unspecified atom stereocenters. The molecule has 0 amide bonds. The monoisotopic (exact) mass is 366 g/mol. The highest BCUT2D eigenvalue weighted by atomic mass is 79.9. The molecule has 5 heteroatoms. The third kappa shape index (κ3) is 2.99. The Hall–Kier alpha value is -0.940. The molecule has 3 rings (SSSR count). The van der Waals surface area contributed by atoms with Crippen LogP contribution in [0, 0.1) is 6.92 Å². The van der Waals surface area contributed by atoms with Crippen LogP contribution in [0.3, 0.4) is 0 Å². The topological polar surface area (TPSA) is 34.9 Å². The summed E-state index contributed by atoms with van der Waals surface area (Å²) < 4.78 is 2.76. The van der Waals surface area contributed by atoms with E-state index in [4.69, 9.17) is 0 Å². The van der Waals surface area contributed by atoms with Crippen LogP contribution in [-0.2, 0) is 26.3 Å². The third-order valence-electron chi connectivity index (χ3n) is 4.11. The largest absolute Gasteiger partial charge is 0.293 e. The van der Waals surface area contributed by atoms with E-state index in [1.807, 2.05) is 14.0 Å². The van der Waals surface area contributed by atoms with Crippen molar-refractivity contribution in [3.8, 4) is 0 Å². The Labute approximate surface area is 137 Å². The first-order valence-corrected chi connectivity index (χ1v) is 9.00. The molecule has 3 nitrogen and oxygen atoms in total. The lowest BCUT2D eigenvalue weighted by Crippen LogP contribution is -2.07. The van der Waals surface area contributed by atoms with Gasteiger partial charge < -0.3 is 0 Å². The standard InChI is InChI=1S/C16H19BrN2OS/c1-10-16(17)12(19(2)18-10)9-13(20)15-8-11-6-4-3-5-7-14(11)21-15/h8H,3-7,9H2,1-2H3. The normalized spacial score (nSPS) is 14.8. The van der Waals surface area contributed by atoms with Gasteiger partial charge in [-0.15, -0.1) is 11.3 Å². The molecule has 0 aliphatic heterocycles. The lowest BCUT2D eigenvalue weighted by atomic mass is 10.1. The number of hydrogen-bond acceptors (Lipinski definition) is 3. The van der Waals surface area contributed by atoms with Crippen molar-refractivity contribution in [1.29, 1.82) is 0 Å². The van der Waals surface area contributed by atoms with Crippen molar-refractivity contribution in [2.45, 2.75) is 45.4 Å². The highest BCUT2D eigenvalue weighted by molar-refractivity contribution is 9.10. The number of nitrogens with zero attached hydrogens (tertiary/aromatic N) is 2. The summed E-state index contributed by atoms with van der Waals surface area (Å²) in [5.74, 6) is 0.205. The summed E-state index contributed by atoms with van der Waals surface area (Å²) in [4.78, 5) is 14.9. The number of aryl methyl sites for hydroxylation is 4. The lowest BCUT2D eigenvalue weighted by Gasteiger charge is -2.01. The summed E-state index contributed by atoms with van der Waals surface area (Å²) in [6.45, 7) is 1.95. The van der Waals surface area contributed by atoms with Gasteiger partial charge in [0.15, 0.2) is 5.78 Å². The molecule has 0 atom stereocenters. The number of carbonyl (C=O) groups is 1. The molecule has 2 aromatic heterocycles. The second-order valence-corrected chi connectivity index (χ2v) is 7.62. The van der Waals surface area contributed by atoms with Gasteiger partial charge in [0, 0.05) is 11.9 Å². The fraction of sp³-hybridized carbons (Fsp3) is 0.500. The summed E-state index contributed by atoms with van der Waals surface area (Å²) in [6.07, 6.45) is 6.51. The molecule has 0 spiro atoms. The Kier molecular flexibility index (Phi) is 4.31. The lowest BCUT2D eigenvalue weighted by molar-refractivity contribution is 0.0994. The SMILES string of the molecule is Cc1nn(C)c(CC(=O)c2cc3c(s2)CCCCC3)c1Br. The minimum absolute atomic E-state index is 0.205. The van der Waals surface area contributed by atoms with Gasteiger partial charge in [0.2, 0.25) is 0 Å². The zero-order chi connectivity index (χ0) is 15.0.